The van der Waals surface area contributed by atoms with Crippen LogP contribution in [0.25, 0.3) is 0 Å². The van der Waals surface area contributed by atoms with Gasteiger partial charge < -0.3 is 15.4 Å². The number of ether oxygens (including phenoxy) is 1. The highest BCUT2D eigenvalue weighted by molar-refractivity contribution is 5.90. The fourth-order valence-corrected chi connectivity index (χ4v) is 3.79. The first kappa shape index (κ1) is 26.3. The van der Waals surface area contributed by atoms with E-state index in [2.05, 4.69) is 17.6 Å². The number of carbonyl (C=O) groups excluding carboxylic acids is 1. The van der Waals surface area contributed by atoms with Gasteiger partial charge >= 0.3 is 6.03 Å². The van der Waals surface area contributed by atoms with Gasteiger partial charge in [-0.3, -0.25) is 0 Å². The summed E-state index contributed by atoms with van der Waals surface area (Å²) in [5.41, 5.74) is 0.699. The van der Waals surface area contributed by atoms with Gasteiger partial charge in [0.25, 0.3) is 0 Å². The summed E-state index contributed by atoms with van der Waals surface area (Å²) >= 11 is 0. The van der Waals surface area contributed by atoms with Crippen molar-refractivity contribution in [3.63, 3.8) is 0 Å². The predicted octanol–water partition coefficient (Wildman–Crippen LogP) is 8.08. The molecule has 4 nitrogen and oxygen atoms in total. The number of para-hydroxylation sites is 2. The molecule has 0 aromatic heterocycles. The number of anilines is 1. The molecule has 2 N–H and O–H groups in total. The van der Waals surface area contributed by atoms with Crippen molar-refractivity contribution in [3.8, 4) is 5.75 Å². The van der Waals surface area contributed by atoms with E-state index in [0.717, 1.165) is 13.0 Å². The Morgan fingerprint density at radius 3 is 1.70 bits per heavy atom. The molecule has 1 aromatic carbocycles. The maximum absolute atomic E-state index is 12.0. The Labute approximate surface area is 185 Å². The van der Waals surface area contributed by atoms with E-state index >= 15 is 0 Å². The average molecular weight is 419 g/mol. The number of hydrogen-bond donors (Lipinski definition) is 2. The molecule has 0 atom stereocenters. The van der Waals surface area contributed by atoms with Gasteiger partial charge in [0.2, 0.25) is 0 Å². The van der Waals surface area contributed by atoms with E-state index in [-0.39, 0.29) is 6.03 Å². The number of rotatable bonds is 19. The van der Waals surface area contributed by atoms with Gasteiger partial charge in [-0.15, -0.1) is 0 Å². The highest BCUT2D eigenvalue weighted by Crippen LogP contribution is 2.22. The molecule has 0 spiro atoms. The second-order valence-corrected chi connectivity index (χ2v) is 8.38. The average Bonchev–Trinajstić information content (AvgIpc) is 2.76. The van der Waals surface area contributed by atoms with E-state index in [4.69, 9.17) is 4.74 Å². The van der Waals surface area contributed by atoms with E-state index in [1.165, 1.54) is 96.3 Å². The third-order valence-electron chi connectivity index (χ3n) is 5.67. The third kappa shape index (κ3) is 14.3. The minimum absolute atomic E-state index is 0.166. The molecule has 0 aliphatic carbocycles. The standard InChI is InChI=1S/C26H46N2O2/c1-3-4-5-6-7-8-9-10-11-12-13-14-15-16-17-20-23-27-26(29)28-24-21-18-19-22-25(24)30-2/h18-19,21-22H,3-17,20,23H2,1-2H3,(H2,27,28,29). The molecule has 4 heteroatoms. The molecule has 0 fully saturated rings. The van der Waals surface area contributed by atoms with E-state index in [1.807, 2.05) is 24.3 Å². The van der Waals surface area contributed by atoms with Crippen molar-refractivity contribution in [1.29, 1.82) is 0 Å². The summed E-state index contributed by atoms with van der Waals surface area (Å²) in [4.78, 5) is 12.0. The van der Waals surface area contributed by atoms with Crippen molar-refractivity contribution in [2.45, 2.75) is 110 Å². The fourth-order valence-electron chi connectivity index (χ4n) is 3.79. The third-order valence-corrected chi connectivity index (χ3v) is 5.67. The molecule has 1 rings (SSSR count). The lowest BCUT2D eigenvalue weighted by atomic mass is 10.0. The number of unbranched alkanes of at least 4 members (excludes halogenated alkanes) is 15. The number of benzene rings is 1. The number of nitrogens with one attached hydrogen (secondary N) is 2. The molecule has 0 heterocycles. The van der Waals surface area contributed by atoms with Gasteiger partial charge in [-0.2, -0.15) is 0 Å². The van der Waals surface area contributed by atoms with Crippen molar-refractivity contribution in [2.75, 3.05) is 19.0 Å². The van der Waals surface area contributed by atoms with Crippen molar-refractivity contribution >= 4 is 11.7 Å². The first-order chi connectivity index (χ1) is 14.8. The summed E-state index contributed by atoms with van der Waals surface area (Å²) < 4.78 is 5.24. The Kier molecular flexibility index (Phi) is 16.9. The molecule has 0 saturated heterocycles. The number of carbonyl (C=O) groups is 1. The minimum atomic E-state index is -0.166. The topological polar surface area (TPSA) is 50.4 Å². The Morgan fingerprint density at radius 1 is 0.733 bits per heavy atom. The molecule has 0 saturated carbocycles. The minimum Gasteiger partial charge on any atom is -0.495 e. The van der Waals surface area contributed by atoms with Gasteiger partial charge in [-0.1, -0.05) is 115 Å². The zero-order valence-corrected chi connectivity index (χ0v) is 19.6. The van der Waals surface area contributed by atoms with Gasteiger partial charge in [0, 0.05) is 6.54 Å². The van der Waals surface area contributed by atoms with E-state index in [1.54, 1.807) is 7.11 Å². The van der Waals surface area contributed by atoms with E-state index in [9.17, 15) is 4.79 Å². The smallest absolute Gasteiger partial charge is 0.319 e. The van der Waals surface area contributed by atoms with Crippen molar-refractivity contribution in [1.82, 2.24) is 5.32 Å². The molecule has 2 amide bonds. The Morgan fingerprint density at radius 2 is 1.20 bits per heavy atom. The number of methoxy groups -OCH3 is 1. The van der Waals surface area contributed by atoms with Crippen LogP contribution in [0.4, 0.5) is 10.5 Å². The van der Waals surface area contributed by atoms with Gasteiger partial charge in [0.15, 0.2) is 0 Å². The van der Waals surface area contributed by atoms with Gasteiger partial charge in [0.05, 0.1) is 12.8 Å². The summed E-state index contributed by atoms with van der Waals surface area (Å²) in [5.74, 6) is 0.676. The zero-order valence-electron chi connectivity index (χ0n) is 19.6. The lowest BCUT2D eigenvalue weighted by molar-refractivity contribution is 0.251. The lowest BCUT2D eigenvalue weighted by Crippen LogP contribution is -2.29. The molecule has 1 aromatic rings. The quantitative estimate of drug-likeness (QED) is 0.223. The van der Waals surface area contributed by atoms with Gasteiger partial charge in [0.1, 0.15) is 5.75 Å². The first-order valence-corrected chi connectivity index (χ1v) is 12.5. The summed E-state index contributed by atoms with van der Waals surface area (Å²) in [5, 5.41) is 5.77. The summed E-state index contributed by atoms with van der Waals surface area (Å²) in [6, 6.07) is 7.28. The first-order valence-electron chi connectivity index (χ1n) is 12.5. The van der Waals surface area contributed by atoms with E-state index < -0.39 is 0 Å². The summed E-state index contributed by atoms with van der Waals surface area (Å²) in [6.45, 7) is 3.00. The molecule has 172 valence electrons. The second kappa shape index (κ2) is 19.3. The van der Waals surface area contributed by atoms with Gasteiger partial charge in [-0.25, -0.2) is 4.79 Å². The van der Waals surface area contributed by atoms with Crippen LogP contribution < -0.4 is 15.4 Å². The molecular formula is C26H46N2O2. The number of urea groups is 1. The maximum Gasteiger partial charge on any atom is 0.319 e. The van der Waals surface area contributed by atoms with Crippen LogP contribution in [0.15, 0.2) is 24.3 Å². The largest absolute Gasteiger partial charge is 0.495 e. The number of amides is 2. The molecule has 0 radical (unpaired) electrons. The highest BCUT2D eigenvalue weighted by Gasteiger charge is 2.05. The van der Waals surface area contributed by atoms with Crippen LogP contribution in [0.3, 0.4) is 0 Å². The molecular weight excluding hydrogens is 372 g/mol. The molecule has 30 heavy (non-hydrogen) atoms. The van der Waals surface area contributed by atoms with Crippen LogP contribution in [0, 0.1) is 0 Å². The van der Waals surface area contributed by atoms with Crippen LogP contribution in [0.2, 0.25) is 0 Å². The Balaban J connectivity index is 1.83. The Bertz CT molecular complexity index is 534. The van der Waals surface area contributed by atoms with Crippen LogP contribution >= 0.6 is 0 Å². The van der Waals surface area contributed by atoms with Gasteiger partial charge in [-0.05, 0) is 18.6 Å². The van der Waals surface area contributed by atoms with E-state index in [0.29, 0.717) is 11.4 Å². The number of hydrogen-bond acceptors (Lipinski definition) is 2. The lowest BCUT2D eigenvalue weighted by Gasteiger charge is -2.10. The van der Waals surface area contributed by atoms with Crippen LogP contribution in [-0.2, 0) is 0 Å². The van der Waals surface area contributed by atoms with Crippen molar-refractivity contribution in [2.24, 2.45) is 0 Å². The second-order valence-electron chi connectivity index (χ2n) is 8.38. The van der Waals surface area contributed by atoms with Crippen molar-refractivity contribution in [3.05, 3.63) is 24.3 Å². The van der Waals surface area contributed by atoms with Crippen LogP contribution in [0.1, 0.15) is 110 Å². The SMILES string of the molecule is CCCCCCCCCCCCCCCCCCNC(=O)Nc1ccccc1OC. The normalized spacial score (nSPS) is 10.7. The van der Waals surface area contributed by atoms with Crippen LogP contribution in [0.5, 0.6) is 5.75 Å². The Hall–Kier alpha value is -1.71. The van der Waals surface area contributed by atoms with Crippen LogP contribution in [-0.4, -0.2) is 19.7 Å². The summed E-state index contributed by atoms with van der Waals surface area (Å²) in [6.07, 6.45) is 21.8. The molecule has 0 aliphatic heterocycles. The maximum atomic E-state index is 12.0. The highest BCUT2D eigenvalue weighted by atomic mass is 16.5. The molecule has 0 unspecified atom stereocenters. The summed E-state index contributed by atoms with van der Waals surface area (Å²) in [7, 11) is 1.61. The van der Waals surface area contributed by atoms with Crippen molar-refractivity contribution < 1.29 is 9.53 Å². The molecule has 0 aliphatic rings. The molecule has 0 bridgehead atoms. The monoisotopic (exact) mass is 418 g/mol. The predicted molar refractivity (Wildman–Crippen MR) is 130 cm³/mol. The zero-order chi connectivity index (χ0) is 21.7. The fraction of sp³-hybridized carbons (Fsp3) is 0.731.